The Bertz CT molecular complexity index is 960. The van der Waals surface area contributed by atoms with E-state index in [2.05, 4.69) is 15.6 Å². The molecule has 5 heteroatoms. The van der Waals surface area contributed by atoms with Crippen LogP contribution >= 0.6 is 0 Å². The number of nitrogens with one attached hydrogen (secondary N) is 1. The molecule has 2 aliphatic rings. The van der Waals surface area contributed by atoms with Gasteiger partial charge in [-0.05, 0) is 54.6 Å². The normalized spacial score (nSPS) is 19.5. The second kappa shape index (κ2) is 6.88. The second-order valence-electron chi connectivity index (χ2n) is 7.14. The molecule has 1 atom stereocenters. The van der Waals surface area contributed by atoms with E-state index < -0.39 is 9.71 Å². The first-order valence-electron chi connectivity index (χ1n) is 9.10. The Hall–Kier alpha value is -2.14. The highest BCUT2D eigenvalue weighted by molar-refractivity contribution is 8.02. The molecular weight excluding hydrogens is 347 g/mol. The molecule has 3 nitrogen and oxygen atoms in total. The zero-order valence-electron chi connectivity index (χ0n) is 14.7. The highest BCUT2D eigenvalue weighted by Crippen LogP contribution is 2.28. The molecule has 0 bridgehead atoms. The van der Waals surface area contributed by atoms with Crippen molar-refractivity contribution in [2.45, 2.75) is 43.9 Å². The Balaban J connectivity index is 1.59. The van der Waals surface area contributed by atoms with E-state index in [0.717, 1.165) is 53.8 Å². The molecule has 26 heavy (non-hydrogen) atoms. The Labute approximate surface area is 154 Å². The van der Waals surface area contributed by atoms with Crippen molar-refractivity contribution in [3.8, 4) is 0 Å². The minimum atomic E-state index is -2.38. The highest BCUT2D eigenvalue weighted by Gasteiger charge is 2.23. The van der Waals surface area contributed by atoms with Gasteiger partial charge in [-0.1, -0.05) is 31.4 Å². The molecule has 0 saturated heterocycles. The fourth-order valence-electron chi connectivity index (χ4n) is 3.88. The van der Waals surface area contributed by atoms with E-state index in [-0.39, 0.29) is 11.1 Å². The van der Waals surface area contributed by atoms with Crippen LogP contribution in [0, 0.1) is 5.82 Å². The van der Waals surface area contributed by atoms with Gasteiger partial charge < -0.3 is 4.72 Å². The number of fused-ring (bicyclic) bond motifs is 1. The van der Waals surface area contributed by atoms with Crippen LogP contribution in [0.2, 0.25) is 0 Å². The molecule has 0 amide bonds. The lowest BCUT2D eigenvalue weighted by Gasteiger charge is -2.26. The number of aliphatic imine (C=N–C) groups is 1. The average molecular weight is 370 g/mol. The largest absolute Gasteiger partial charge is 0.313 e. The molecular formula is C21H23FN2OS. The van der Waals surface area contributed by atoms with Crippen LogP contribution in [-0.2, 0) is 16.3 Å². The summed E-state index contributed by atoms with van der Waals surface area (Å²) in [6.45, 7) is 0.494. The van der Waals surface area contributed by atoms with E-state index in [1.165, 1.54) is 12.5 Å². The van der Waals surface area contributed by atoms with Crippen molar-refractivity contribution in [3.63, 3.8) is 0 Å². The lowest BCUT2D eigenvalue weighted by atomic mass is 10.00. The molecule has 4 rings (SSSR count). The van der Waals surface area contributed by atoms with E-state index in [1.54, 1.807) is 12.1 Å². The number of halogens is 1. The summed E-state index contributed by atoms with van der Waals surface area (Å²) in [7, 11) is -2.38. The van der Waals surface area contributed by atoms with Crippen LogP contribution in [-0.4, -0.2) is 21.0 Å². The van der Waals surface area contributed by atoms with Crippen molar-refractivity contribution in [3.05, 3.63) is 65.0 Å². The van der Waals surface area contributed by atoms with Crippen LogP contribution < -0.4 is 4.72 Å². The molecule has 1 aliphatic heterocycles. The minimum Gasteiger partial charge on any atom is -0.313 e. The topological polar surface area (TPSA) is 41.5 Å². The number of hydrogen-bond acceptors (Lipinski definition) is 2. The van der Waals surface area contributed by atoms with E-state index in [0.29, 0.717) is 6.54 Å². The van der Waals surface area contributed by atoms with Gasteiger partial charge in [-0.15, -0.1) is 0 Å². The highest BCUT2D eigenvalue weighted by atomic mass is 32.2. The zero-order valence-corrected chi connectivity index (χ0v) is 15.5. The molecule has 136 valence electrons. The third-order valence-electron chi connectivity index (χ3n) is 5.25. The van der Waals surface area contributed by atoms with Crippen molar-refractivity contribution >= 4 is 27.0 Å². The first-order chi connectivity index (χ1) is 12.5. The Morgan fingerprint density at radius 3 is 2.73 bits per heavy atom. The van der Waals surface area contributed by atoms with E-state index in [1.807, 2.05) is 24.3 Å². The van der Waals surface area contributed by atoms with Gasteiger partial charge in [-0.25, -0.2) is 8.60 Å². The molecule has 1 aliphatic carbocycles. The molecule has 0 radical (unpaired) electrons. The van der Waals surface area contributed by atoms with Crippen molar-refractivity contribution in [2.75, 3.05) is 4.72 Å². The van der Waals surface area contributed by atoms with Crippen LogP contribution in [0.4, 0.5) is 10.1 Å². The maximum atomic E-state index is 13.4. The molecule has 1 unspecified atom stereocenters. The van der Waals surface area contributed by atoms with Gasteiger partial charge in [0.15, 0.2) is 0 Å². The van der Waals surface area contributed by atoms with Crippen LogP contribution in [0.5, 0.6) is 0 Å². The van der Waals surface area contributed by atoms with Crippen LogP contribution in [0.3, 0.4) is 0 Å². The molecule has 1 heterocycles. The van der Waals surface area contributed by atoms with Gasteiger partial charge in [-0.2, -0.15) is 0 Å². The Kier molecular flexibility index (Phi) is 4.57. The summed E-state index contributed by atoms with van der Waals surface area (Å²) in [4.78, 5) is 4.58. The first kappa shape index (κ1) is 17.3. The first-order valence-corrected chi connectivity index (χ1v) is 10.9. The van der Waals surface area contributed by atoms with E-state index in [4.69, 9.17) is 0 Å². The maximum absolute atomic E-state index is 13.4. The summed E-state index contributed by atoms with van der Waals surface area (Å²) in [5, 5.41) is 0.132. The van der Waals surface area contributed by atoms with Gasteiger partial charge in [0.05, 0.1) is 12.3 Å². The molecule has 2 aromatic rings. The second-order valence-corrected chi connectivity index (χ2v) is 9.46. The lowest BCUT2D eigenvalue weighted by molar-refractivity contribution is 0.505. The predicted molar refractivity (Wildman–Crippen MR) is 108 cm³/mol. The molecule has 1 saturated carbocycles. The number of rotatable bonds is 4. The molecule has 0 spiro atoms. The van der Waals surface area contributed by atoms with E-state index in [9.17, 15) is 8.60 Å². The summed E-state index contributed by atoms with van der Waals surface area (Å²) in [6, 6.07) is 12.6. The van der Waals surface area contributed by atoms with Crippen molar-refractivity contribution in [1.82, 2.24) is 0 Å². The lowest BCUT2D eigenvalue weighted by Crippen LogP contribution is -2.29. The summed E-state index contributed by atoms with van der Waals surface area (Å²) < 4.78 is 29.7. The van der Waals surface area contributed by atoms with Crippen molar-refractivity contribution in [1.29, 1.82) is 0 Å². The third-order valence-corrected chi connectivity index (χ3v) is 7.38. The number of hydrogen-bond donors (Lipinski definition) is 1. The molecule has 1 N–H and O–H groups in total. The number of benzene rings is 2. The van der Waals surface area contributed by atoms with Gasteiger partial charge in [0.1, 0.15) is 5.82 Å². The van der Waals surface area contributed by atoms with Crippen molar-refractivity contribution in [2.24, 2.45) is 4.99 Å². The summed E-state index contributed by atoms with van der Waals surface area (Å²) in [5.74, 6) is 3.77. The third kappa shape index (κ3) is 3.40. The predicted octanol–water partition coefficient (Wildman–Crippen LogP) is 4.55. The fraction of sp³-hybridized carbons (Fsp3) is 0.333. The zero-order chi connectivity index (χ0) is 18.1. The molecule has 1 fully saturated rings. The molecule has 2 aromatic carbocycles. The van der Waals surface area contributed by atoms with Gasteiger partial charge in [0, 0.05) is 31.8 Å². The average Bonchev–Trinajstić information content (AvgIpc) is 3.05. The van der Waals surface area contributed by atoms with Gasteiger partial charge >= 0.3 is 0 Å². The number of anilines is 1. The number of nitrogens with zero attached hydrogens (tertiary/aromatic N) is 1. The van der Waals surface area contributed by atoms with Crippen LogP contribution in [0.15, 0.2) is 47.5 Å². The molecule has 0 aromatic heterocycles. The Morgan fingerprint density at radius 1 is 1.12 bits per heavy atom. The van der Waals surface area contributed by atoms with Crippen molar-refractivity contribution < 1.29 is 8.60 Å². The summed E-state index contributed by atoms with van der Waals surface area (Å²) in [5.41, 5.74) is 4.47. The monoisotopic (exact) mass is 370 g/mol. The standard InChI is InChI=1S/C21H23FN2OS/c1-26(25,19-8-3-2-4-9-19)24-18-7-5-6-15(13-18)21-20-11-10-17(22)12-16(20)14-23-21/h5-7,10-13,19H,1-4,8-9,14H2,(H,24,25). The SMILES string of the molecule is C=S(=O)(Nc1cccc(C2=NCc3cc(F)ccc32)c1)C1CCCCC1. The maximum Gasteiger partial charge on any atom is 0.123 e. The summed E-state index contributed by atoms with van der Waals surface area (Å²) >= 11 is 0. The van der Waals surface area contributed by atoms with E-state index >= 15 is 0 Å². The van der Waals surface area contributed by atoms with Crippen LogP contribution in [0.1, 0.15) is 48.8 Å². The van der Waals surface area contributed by atoms with Gasteiger partial charge in [0.25, 0.3) is 0 Å². The van der Waals surface area contributed by atoms with Crippen LogP contribution in [0.25, 0.3) is 0 Å². The summed E-state index contributed by atoms with van der Waals surface area (Å²) in [6.07, 6.45) is 5.43. The minimum absolute atomic E-state index is 0.132. The van der Waals surface area contributed by atoms with Gasteiger partial charge in [0.2, 0.25) is 0 Å². The fourth-order valence-corrected chi connectivity index (χ4v) is 5.67. The Morgan fingerprint density at radius 2 is 1.92 bits per heavy atom. The van der Waals surface area contributed by atoms with Gasteiger partial charge in [-0.3, -0.25) is 4.99 Å². The smallest absolute Gasteiger partial charge is 0.123 e. The quantitative estimate of drug-likeness (QED) is 0.788.